The number of sulfonamides is 1. The molecule has 0 saturated heterocycles. The zero-order valence-corrected chi connectivity index (χ0v) is 15.9. The number of rotatable bonds is 5. The zero-order chi connectivity index (χ0) is 19.6. The van der Waals surface area contributed by atoms with Gasteiger partial charge in [0.25, 0.3) is 10.0 Å². The van der Waals surface area contributed by atoms with E-state index in [9.17, 15) is 18.3 Å². The summed E-state index contributed by atoms with van der Waals surface area (Å²) in [6.45, 7) is 1.85. The summed E-state index contributed by atoms with van der Waals surface area (Å²) >= 11 is 5.93. The highest BCUT2D eigenvalue weighted by molar-refractivity contribution is 7.93. The number of carboxylic acids is 1. The monoisotopic (exact) mass is 401 g/mol. The molecule has 7 heteroatoms. The van der Waals surface area contributed by atoms with Gasteiger partial charge in [-0.15, -0.1) is 0 Å². The Morgan fingerprint density at radius 2 is 1.52 bits per heavy atom. The van der Waals surface area contributed by atoms with Crippen molar-refractivity contribution >= 4 is 39.0 Å². The molecule has 0 fully saturated rings. The summed E-state index contributed by atoms with van der Waals surface area (Å²) in [5, 5.41) is 9.98. The molecule has 3 aromatic carbocycles. The Bertz CT molecular complexity index is 1080. The molecule has 0 amide bonds. The van der Waals surface area contributed by atoms with Gasteiger partial charge in [-0.05, 0) is 55.5 Å². The van der Waals surface area contributed by atoms with Gasteiger partial charge in [0.05, 0.1) is 21.8 Å². The van der Waals surface area contributed by atoms with Crippen molar-refractivity contribution in [2.75, 3.05) is 4.31 Å². The lowest BCUT2D eigenvalue weighted by molar-refractivity contribution is 0.0698. The highest BCUT2D eigenvalue weighted by atomic mass is 35.5. The molecule has 0 aromatic heterocycles. The number of para-hydroxylation sites is 1. The lowest BCUT2D eigenvalue weighted by Crippen LogP contribution is -2.28. The van der Waals surface area contributed by atoms with Gasteiger partial charge in [-0.1, -0.05) is 41.4 Å². The number of aromatic carboxylic acids is 1. The topological polar surface area (TPSA) is 74.7 Å². The maximum absolute atomic E-state index is 13.4. The Labute approximate surface area is 162 Å². The summed E-state index contributed by atoms with van der Waals surface area (Å²) in [5.74, 6) is -1.22. The molecule has 0 aliphatic carbocycles. The Morgan fingerprint density at radius 1 is 0.926 bits per heavy atom. The van der Waals surface area contributed by atoms with Gasteiger partial charge in [0, 0.05) is 5.02 Å². The van der Waals surface area contributed by atoms with Crippen LogP contribution in [-0.2, 0) is 10.0 Å². The van der Waals surface area contributed by atoms with Crippen LogP contribution in [0.4, 0.5) is 11.4 Å². The van der Waals surface area contributed by atoms with E-state index in [1.807, 2.05) is 6.92 Å². The second-order valence-electron chi connectivity index (χ2n) is 5.88. The average Bonchev–Trinajstić information content (AvgIpc) is 2.64. The van der Waals surface area contributed by atoms with E-state index in [4.69, 9.17) is 11.6 Å². The minimum absolute atomic E-state index is 0.0490. The molecular weight excluding hydrogens is 386 g/mol. The molecule has 0 spiro atoms. The Kier molecular flexibility index (Phi) is 5.21. The van der Waals surface area contributed by atoms with Crippen LogP contribution in [0.5, 0.6) is 0 Å². The van der Waals surface area contributed by atoms with Crippen LogP contribution < -0.4 is 4.31 Å². The number of anilines is 2. The average molecular weight is 402 g/mol. The first-order valence-corrected chi connectivity index (χ1v) is 9.82. The number of hydrogen-bond acceptors (Lipinski definition) is 3. The molecule has 0 saturated carbocycles. The van der Waals surface area contributed by atoms with E-state index in [1.54, 1.807) is 36.4 Å². The molecule has 1 N–H and O–H groups in total. The van der Waals surface area contributed by atoms with Crippen LogP contribution in [0.2, 0.25) is 5.02 Å². The second-order valence-corrected chi connectivity index (χ2v) is 8.10. The van der Waals surface area contributed by atoms with Crippen molar-refractivity contribution in [3.63, 3.8) is 0 Å². The molecule has 3 aromatic rings. The van der Waals surface area contributed by atoms with Crippen LogP contribution in [0.25, 0.3) is 0 Å². The van der Waals surface area contributed by atoms with E-state index >= 15 is 0 Å². The van der Waals surface area contributed by atoms with Gasteiger partial charge in [0.15, 0.2) is 0 Å². The van der Waals surface area contributed by atoms with E-state index in [0.29, 0.717) is 5.02 Å². The third-order valence-electron chi connectivity index (χ3n) is 3.97. The van der Waals surface area contributed by atoms with Crippen molar-refractivity contribution in [2.45, 2.75) is 11.8 Å². The molecule has 27 heavy (non-hydrogen) atoms. The van der Waals surface area contributed by atoms with E-state index in [-0.39, 0.29) is 21.8 Å². The number of carboxylic acid groups (broad SMARTS) is 1. The highest BCUT2D eigenvalue weighted by Crippen LogP contribution is 2.35. The fourth-order valence-electron chi connectivity index (χ4n) is 2.63. The van der Waals surface area contributed by atoms with Gasteiger partial charge in [0.1, 0.15) is 0 Å². The maximum Gasteiger partial charge on any atom is 0.337 e. The van der Waals surface area contributed by atoms with Crippen LogP contribution in [0, 0.1) is 6.92 Å². The van der Waals surface area contributed by atoms with Gasteiger partial charge in [0.2, 0.25) is 0 Å². The van der Waals surface area contributed by atoms with Crippen LogP contribution in [-0.4, -0.2) is 19.5 Å². The molecule has 3 rings (SSSR count). The molecular formula is C20H16ClNO4S. The summed E-state index contributed by atoms with van der Waals surface area (Å²) in [4.78, 5) is 11.7. The molecule has 0 atom stereocenters. The van der Waals surface area contributed by atoms with E-state index in [1.165, 1.54) is 36.4 Å². The third kappa shape index (κ3) is 3.82. The van der Waals surface area contributed by atoms with E-state index in [2.05, 4.69) is 0 Å². The Morgan fingerprint density at radius 3 is 2.11 bits per heavy atom. The van der Waals surface area contributed by atoms with Gasteiger partial charge >= 0.3 is 5.97 Å². The maximum atomic E-state index is 13.4. The van der Waals surface area contributed by atoms with Crippen molar-refractivity contribution in [1.29, 1.82) is 0 Å². The second kappa shape index (κ2) is 7.42. The first kappa shape index (κ1) is 18.9. The van der Waals surface area contributed by atoms with Crippen molar-refractivity contribution < 1.29 is 18.3 Å². The number of nitrogens with zero attached hydrogens (tertiary/aromatic N) is 1. The van der Waals surface area contributed by atoms with E-state index in [0.717, 1.165) is 9.87 Å². The summed E-state index contributed by atoms with van der Waals surface area (Å²) in [7, 11) is -4.07. The number of benzene rings is 3. The summed E-state index contributed by atoms with van der Waals surface area (Å²) < 4.78 is 27.8. The van der Waals surface area contributed by atoms with Crippen molar-refractivity contribution in [3.8, 4) is 0 Å². The molecule has 0 unspecified atom stereocenters. The molecule has 0 bridgehead atoms. The zero-order valence-electron chi connectivity index (χ0n) is 14.3. The lowest BCUT2D eigenvalue weighted by atomic mass is 10.1. The molecule has 0 heterocycles. The SMILES string of the molecule is Cc1ccc(S(=O)(=O)N(c2ccc(Cl)cc2)c2ccccc2C(=O)O)cc1. The third-order valence-corrected chi connectivity index (χ3v) is 5.98. The first-order chi connectivity index (χ1) is 12.8. The number of halogens is 1. The minimum atomic E-state index is -4.07. The Hall–Kier alpha value is -2.83. The van der Waals surface area contributed by atoms with Crippen molar-refractivity contribution in [2.24, 2.45) is 0 Å². The predicted molar refractivity (Wildman–Crippen MR) is 105 cm³/mol. The molecule has 5 nitrogen and oxygen atoms in total. The lowest BCUT2D eigenvalue weighted by Gasteiger charge is -2.26. The largest absolute Gasteiger partial charge is 0.478 e. The summed E-state index contributed by atoms with van der Waals surface area (Å²) in [5.41, 5.74) is 1.13. The summed E-state index contributed by atoms with van der Waals surface area (Å²) in [6, 6.07) is 18.5. The van der Waals surface area contributed by atoms with Crippen LogP contribution in [0.3, 0.4) is 0 Å². The van der Waals surface area contributed by atoms with Crippen molar-refractivity contribution in [3.05, 3.63) is 88.9 Å². The molecule has 0 aliphatic rings. The first-order valence-electron chi connectivity index (χ1n) is 8.00. The number of aryl methyl sites for hydroxylation is 1. The van der Waals surface area contributed by atoms with Crippen LogP contribution in [0.1, 0.15) is 15.9 Å². The molecule has 0 aliphatic heterocycles. The van der Waals surface area contributed by atoms with Gasteiger partial charge in [-0.25, -0.2) is 17.5 Å². The normalized spacial score (nSPS) is 11.2. The standard InChI is InChI=1S/C20H16ClNO4S/c1-14-6-12-17(13-7-14)27(25,26)22(16-10-8-15(21)9-11-16)19-5-3-2-4-18(19)20(23)24/h2-13H,1H3,(H,23,24). The van der Waals surface area contributed by atoms with Gasteiger partial charge < -0.3 is 5.11 Å². The van der Waals surface area contributed by atoms with Crippen LogP contribution >= 0.6 is 11.6 Å². The van der Waals surface area contributed by atoms with Crippen molar-refractivity contribution in [1.82, 2.24) is 0 Å². The molecule has 138 valence electrons. The number of carbonyl (C=O) groups is 1. The quantitative estimate of drug-likeness (QED) is 0.661. The fourth-order valence-corrected chi connectivity index (χ4v) is 4.27. The minimum Gasteiger partial charge on any atom is -0.478 e. The summed E-state index contributed by atoms with van der Waals surface area (Å²) in [6.07, 6.45) is 0. The molecule has 0 radical (unpaired) electrons. The Balaban J connectivity index is 2.27. The van der Waals surface area contributed by atoms with Gasteiger partial charge in [-0.3, -0.25) is 0 Å². The number of hydrogen-bond donors (Lipinski definition) is 1. The highest BCUT2D eigenvalue weighted by Gasteiger charge is 2.29. The van der Waals surface area contributed by atoms with E-state index < -0.39 is 16.0 Å². The van der Waals surface area contributed by atoms with Crippen LogP contribution in [0.15, 0.2) is 77.7 Å². The predicted octanol–water partition coefficient (Wildman–Crippen LogP) is 4.87. The smallest absolute Gasteiger partial charge is 0.337 e. The van der Waals surface area contributed by atoms with Gasteiger partial charge in [-0.2, -0.15) is 0 Å². The fraction of sp³-hybridized carbons (Fsp3) is 0.0500.